The second-order valence-electron chi connectivity index (χ2n) is 4.19. The van der Waals surface area contributed by atoms with Crippen LogP contribution in [0.5, 0.6) is 0 Å². The third-order valence-corrected chi connectivity index (χ3v) is 2.52. The highest BCUT2D eigenvalue weighted by atomic mass is 16.4. The minimum absolute atomic E-state index is 0.0397. The number of carboxylic acids is 1. The SMILES string of the molecule is C=C(C)CNc1nc(C(=O)O)cc2ccccc12. The fourth-order valence-corrected chi connectivity index (χ4v) is 1.68. The van der Waals surface area contributed by atoms with Crippen LogP contribution in [0.3, 0.4) is 0 Å². The number of nitrogens with one attached hydrogen (secondary N) is 1. The highest BCUT2D eigenvalue weighted by Crippen LogP contribution is 2.22. The van der Waals surface area contributed by atoms with Crippen molar-refractivity contribution in [3.8, 4) is 0 Å². The molecule has 0 aliphatic heterocycles. The largest absolute Gasteiger partial charge is 0.477 e. The number of aromatic nitrogens is 1. The van der Waals surface area contributed by atoms with Crippen molar-refractivity contribution < 1.29 is 9.90 Å². The number of pyridine rings is 1. The van der Waals surface area contributed by atoms with Gasteiger partial charge in [-0.3, -0.25) is 0 Å². The smallest absolute Gasteiger partial charge is 0.354 e. The molecule has 0 bridgehead atoms. The lowest BCUT2D eigenvalue weighted by Crippen LogP contribution is -2.08. The van der Waals surface area contributed by atoms with Gasteiger partial charge in [0.05, 0.1) is 0 Å². The summed E-state index contributed by atoms with van der Waals surface area (Å²) in [6.45, 7) is 6.27. The van der Waals surface area contributed by atoms with Gasteiger partial charge in [-0.15, -0.1) is 0 Å². The molecule has 4 nitrogen and oxygen atoms in total. The number of aromatic carboxylic acids is 1. The molecule has 1 aromatic carbocycles. The summed E-state index contributed by atoms with van der Waals surface area (Å²) >= 11 is 0. The van der Waals surface area contributed by atoms with Crippen LogP contribution in [-0.2, 0) is 0 Å². The van der Waals surface area contributed by atoms with Gasteiger partial charge in [-0.1, -0.05) is 36.4 Å². The van der Waals surface area contributed by atoms with Crippen molar-refractivity contribution in [1.29, 1.82) is 0 Å². The van der Waals surface area contributed by atoms with Crippen molar-refractivity contribution in [2.24, 2.45) is 0 Å². The van der Waals surface area contributed by atoms with E-state index in [4.69, 9.17) is 5.11 Å². The standard InChI is InChI=1S/C14H14N2O2/c1-9(2)8-15-13-11-6-4-3-5-10(11)7-12(16-13)14(17)18/h3-7H,1,8H2,2H3,(H,15,16)(H,17,18). The average molecular weight is 242 g/mol. The molecule has 0 saturated carbocycles. The van der Waals surface area contributed by atoms with Gasteiger partial charge in [0.1, 0.15) is 5.82 Å². The van der Waals surface area contributed by atoms with Gasteiger partial charge in [0.15, 0.2) is 5.69 Å². The highest BCUT2D eigenvalue weighted by Gasteiger charge is 2.10. The van der Waals surface area contributed by atoms with Gasteiger partial charge in [-0.05, 0) is 18.4 Å². The van der Waals surface area contributed by atoms with Crippen molar-refractivity contribution in [3.63, 3.8) is 0 Å². The van der Waals surface area contributed by atoms with Crippen LogP contribution in [0.15, 0.2) is 42.5 Å². The topological polar surface area (TPSA) is 62.2 Å². The first-order chi connectivity index (χ1) is 8.58. The molecular formula is C14H14N2O2. The van der Waals surface area contributed by atoms with Crippen LogP contribution in [-0.4, -0.2) is 22.6 Å². The maximum absolute atomic E-state index is 11.0. The zero-order valence-corrected chi connectivity index (χ0v) is 10.1. The number of anilines is 1. The van der Waals surface area contributed by atoms with Crippen molar-refractivity contribution >= 4 is 22.6 Å². The van der Waals surface area contributed by atoms with Crippen LogP contribution in [0.2, 0.25) is 0 Å². The molecule has 1 aromatic heterocycles. The summed E-state index contributed by atoms with van der Waals surface area (Å²) in [5.41, 5.74) is 1.000. The van der Waals surface area contributed by atoms with Gasteiger partial charge < -0.3 is 10.4 Å². The fourth-order valence-electron chi connectivity index (χ4n) is 1.68. The van der Waals surface area contributed by atoms with Gasteiger partial charge >= 0.3 is 5.97 Å². The van der Waals surface area contributed by atoms with Crippen molar-refractivity contribution in [3.05, 3.63) is 48.2 Å². The van der Waals surface area contributed by atoms with E-state index in [0.717, 1.165) is 16.3 Å². The number of fused-ring (bicyclic) bond motifs is 1. The minimum Gasteiger partial charge on any atom is -0.477 e. The summed E-state index contributed by atoms with van der Waals surface area (Å²) < 4.78 is 0. The van der Waals surface area contributed by atoms with Crippen LogP contribution in [0.1, 0.15) is 17.4 Å². The number of carboxylic acid groups (broad SMARTS) is 1. The molecule has 2 N–H and O–H groups in total. The highest BCUT2D eigenvalue weighted by molar-refractivity contribution is 5.97. The molecular weight excluding hydrogens is 228 g/mol. The second-order valence-corrected chi connectivity index (χ2v) is 4.19. The van der Waals surface area contributed by atoms with Gasteiger partial charge in [0, 0.05) is 11.9 Å². The normalized spacial score (nSPS) is 10.3. The molecule has 2 rings (SSSR count). The van der Waals surface area contributed by atoms with Crippen LogP contribution in [0, 0.1) is 0 Å². The molecule has 18 heavy (non-hydrogen) atoms. The lowest BCUT2D eigenvalue weighted by Gasteiger charge is -2.09. The lowest BCUT2D eigenvalue weighted by atomic mass is 10.1. The first-order valence-electron chi connectivity index (χ1n) is 5.59. The first kappa shape index (κ1) is 12.1. The Bertz CT molecular complexity index is 620. The van der Waals surface area contributed by atoms with E-state index in [-0.39, 0.29) is 5.69 Å². The number of rotatable bonds is 4. The molecule has 1 heterocycles. The Morgan fingerprint density at radius 2 is 2.17 bits per heavy atom. The Labute approximate surface area is 105 Å². The quantitative estimate of drug-likeness (QED) is 0.809. The average Bonchev–Trinajstić information content (AvgIpc) is 2.35. The summed E-state index contributed by atoms with van der Waals surface area (Å²) in [5, 5.41) is 13.9. The number of nitrogens with zero attached hydrogens (tertiary/aromatic N) is 1. The van der Waals surface area contributed by atoms with Crippen LogP contribution in [0.4, 0.5) is 5.82 Å². The Morgan fingerprint density at radius 3 is 2.83 bits per heavy atom. The molecule has 0 saturated heterocycles. The summed E-state index contributed by atoms with van der Waals surface area (Å²) in [6.07, 6.45) is 0. The summed E-state index contributed by atoms with van der Waals surface area (Å²) in [7, 11) is 0. The molecule has 0 aliphatic rings. The molecule has 0 fully saturated rings. The fraction of sp³-hybridized carbons (Fsp3) is 0.143. The third-order valence-electron chi connectivity index (χ3n) is 2.52. The van der Waals surface area contributed by atoms with E-state index in [2.05, 4.69) is 16.9 Å². The molecule has 0 unspecified atom stereocenters. The van der Waals surface area contributed by atoms with Crippen molar-refractivity contribution in [2.45, 2.75) is 6.92 Å². The molecule has 2 aromatic rings. The maximum Gasteiger partial charge on any atom is 0.354 e. The summed E-state index contributed by atoms with van der Waals surface area (Å²) in [4.78, 5) is 15.1. The van der Waals surface area contributed by atoms with E-state index in [1.807, 2.05) is 31.2 Å². The van der Waals surface area contributed by atoms with Crippen LogP contribution < -0.4 is 5.32 Å². The number of hydrogen-bond acceptors (Lipinski definition) is 3. The Balaban J connectivity index is 2.53. The van der Waals surface area contributed by atoms with Crippen molar-refractivity contribution in [2.75, 3.05) is 11.9 Å². The Morgan fingerprint density at radius 1 is 1.44 bits per heavy atom. The Hall–Kier alpha value is -2.36. The van der Waals surface area contributed by atoms with E-state index in [9.17, 15) is 4.79 Å². The van der Waals surface area contributed by atoms with Crippen LogP contribution >= 0.6 is 0 Å². The van der Waals surface area contributed by atoms with E-state index in [1.165, 1.54) is 0 Å². The van der Waals surface area contributed by atoms with E-state index in [0.29, 0.717) is 12.4 Å². The van der Waals surface area contributed by atoms with Crippen molar-refractivity contribution in [1.82, 2.24) is 4.98 Å². The molecule has 0 radical (unpaired) electrons. The number of benzene rings is 1. The van der Waals surface area contributed by atoms with E-state index in [1.54, 1.807) is 6.07 Å². The first-order valence-corrected chi connectivity index (χ1v) is 5.59. The van der Waals surface area contributed by atoms with Gasteiger partial charge in [-0.2, -0.15) is 0 Å². The molecule has 0 amide bonds. The van der Waals surface area contributed by atoms with Gasteiger partial charge in [0.25, 0.3) is 0 Å². The predicted molar refractivity (Wildman–Crippen MR) is 72.0 cm³/mol. The molecule has 0 atom stereocenters. The maximum atomic E-state index is 11.0. The molecule has 4 heteroatoms. The van der Waals surface area contributed by atoms with Gasteiger partial charge in [-0.25, -0.2) is 9.78 Å². The minimum atomic E-state index is -1.03. The predicted octanol–water partition coefficient (Wildman–Crippen LogP) is 2.92. The molecule has 0 spiro atoms. The van der Waals surface area contributed by atoms with Crippen LogP contribution in [0.25, 0.3) is 10.8 Å². The van der Waals surface area contributed by atoms with E-state index < -0.39 is 5.97 Å². The lowest BCUT2D eigenvalue weighted by molar-refractivity contribution is 0.0691. The zero-order chi connectivity index (χ0) is 13.1. The third kappa shape index (κ3) is 2.48. The summed E-state index contributed by atoms with van der Waals surface area (Å²) in [5.74, 6) is -0.451. The zero-order valence-electron chi connectivity index (χ0n) is 10.1. The Kier molecular flexibility index (Phi) is 3.28. The summed E-state index contributed by atoms with van der Waals surface area (Å²) in [6, 6.07) is 9.13. The number of carbonyl (C=O) groups is 1. The number of hydrogen-bond donors (Lipinski definition) is 2. The molecule has 0 aliphatic carbocycles. The molecule has 92 valence electrons. The van der Waals surface area contributed by atoms with E-state index >= 15 is 0 Å². The van der Waals surface area contributed by atoms with Gasteiger partial charge in [0.2, 0.25) is 0 Å². The second kappa shape index (κ2) is 4.87. The monoisotopic (exact) mass is 242 g/mol.